The van der Waals surface area contributed by atoms with Crippen molar-refractivity contribution < 1.29 is 42.8 Å². The molecule has 2 N–H and O–H groups in total. The second kappa shape index (κ2) is 16.6. The normalized spacial score (nSPS) is 22.8. The Bertz CT molecular complexity index is 1660. The molecule has 2 aromatic rings. The summed E-state index contributed by atoms with van der Waals surface area (Å²) < 4.78 is 21.9. The van der Waals surface area contributed by atoms with E-state index in [9.17, 15) is 18.9 Å². The third-order valence-electron chi connectivity index (χ3n) is 9.57. The number of phosphoric ester groups is 1. The zero-order chi connectivity index (χ0) is 38.0. The number of piperazine rings is 1. The van der Waals surface area contributed by atoms with Crippen LogP contribution in [0.5, 0.6) is 5.75 Å². The molecule has 52 heavy (non-hydrogen) atoms. The number of benzene rings is 1. The van der Waals surface area contributed by atoms with Gasteiger partial charge in [-0.25, -0.2) is 9.55 Å². The molecule has 0 unspecified atom stereocenters. The van der Waals surface area contributed by atoms with Crippen molar-refractivity contribution in [1.29, 1.82) is 0 Å². The highest BCUT2D eigenvalue weighted by Gasteiger charge is 2.54. The van der Waals surface area contributed by atoms with Gasteiger partial charge >= 0.3 is 7.82 Å². The molecular weight excluding hydrogens is 709 g/mol. The Kier molecular flexibility index (Phi) is 12.9. The van der Waals surface area contributed by atoms with Crippen molar-refractivity contribution in [2.45, 2.75) is 111 Å². The van der Waals surface area contributed by atoms with Gasteiger partial charge in [-0.3, -0.25) is 23.7 Å². The van der Waals surface area contributed by atoms with Crippen LogP contribution in [0.1, 0.15) is 85.6 Å². The van der Waals surface area contributed by atoms with Gasteiger partial charge in [0, 0.05) is 43.7 Å². The summed E-state index contributed by atoms with van der Waals surface area (Å²) in [5.41, 5.74) is 0.409. The minimum Gasteiger partial charge on any atom is -0.493 e. The van der Waals surface area contributed by atoms with E-state index < -0.39 is 32.0 Å². The van der Waals surface area contributed by atoms with Crippen molar-refractivity contribution in [1.82, 2.24) is 24.7 Å². The quantitative estimate of drug-likeness (QED) is 0.160. The lowest BCUT2D eigenvalue weighted by atomic mass is 9.84. The van der Waals surface area contributed by atoms with Crippen LogP contribution in [0.25, 0.3) is 16.3 Å². The van der Waals surface area contributed by atoms with Crippen LogP contribution in [0.15, 0.2) is 24.3 Å². The topological polar surface area (TPSA) is 162 Å². The van der Waals surface area contributed by atoms with Gasteiger partial charge in [-0.1, -0.05) is 34.6 Å². The molecule has 5 rings (SSSR count). The summed E-state index contributed by atoms with van der Waals surface area (Å²) in [7, 11) is -4.52. The number of piperidine rings is 1. The summed E-state index contributed by atoms with van der Waals surface area (Å²) in [6.07, 6.45) is 4.18. The number of rotatable bonds is 13. The number of nitrogens with zero attached hydrogens (tertiary/aromatic N) is 5. The summed E-state index contributed by atoms with van der Waals surface area (Å²) in [4.78, 5) is 77.2. The molecule has 0 saturated carbocycles. The van der Waals surface area contributed by atoms with E-state index in [-0.39, 0.29) is 55.4 Å². The number of ether oxygens (including phenoxy) is 1. The van der Waals surface area contributed by atoms with Crippen molar-refractivity contribution in [3.05, 3.63) is 29.3 Å². The Labute approximate surface area is 310 Å². The number of thiazole rings is 1. The Morgan fingerprint density at radius 3 is 2.46 bits per heavy atom. The number of amides is 3. The van der Waals surface area contributed by atoms with E-state index >= 15 is 0 Å². The first-order valence-electron chi connectivity index (χ1n) is 18.2. The first kappa shape index (κ1) is 40.3. The van der Waals surface area contributed by atoms with Gasteiger partial charge in [0.2, 0.25) is 5.91 Å². The van der Waals surface area contributed by atoms with Crippen molar-refractivity contribution in [2.75, 3.05) is 32.8 Å². The van der Waals surface area contributed by atoms with Crippen molar-refractivity contribution in [3.63, 3.8) is 0 Å². The number of aromatic nitrogens is 1. The SMILES string of the molecule is CC(C)C[C@H]1ON(C(=O)/C=C/c2nc3cc(OCCCOP(=O)(O)O)ccc3s2)[C@H]2CN(C3CCN(C(C)C)CC3)C(=O)[C@H](CC(C)(C)C)N2C1=O. The largest absolute Gasteiger partial charge is 0.493 e. The fraction of sp³-hybridized carbons (Fsp3) is 0.667. The van der Waals surface area contributed by atoms with Gasteiger partial charge in [0.25, 0.3) is 11.8 Å². The lowest BCUT2D eigenvalue weighted by Gasteiger charge is -2.55. The Hall–Kier alpha value is -2.91. The maximum Gasteiger partial charge on any atom is 0.469 e. The predicted octanol–water partition coefficient (Wildman–Crippen LogP) is 5.05. The lowest BCUT2D eigenvalue weighted by molar-refractivity contribution is -0.276. The summed E-state index contributed by atoms with van der Waals surface area (Å²) in [5, 5.41) is 1.90. The number of hydrogen-bond acceptors (Lipinski definition) is 10. The van der Waals surface area contributed by atoms with Gasteiger partial charge in [-0.15, -0.1) is 11.3 Å². The molecule has 14 nitrogen and oxygen atoms in total. The van der Waals surface area contributed by atoms with E-state index in [0.717, 1.165) is 30.6 Å². The fourth-order valence-corrected chi connectivity index (χ4v) is 8.31. The van der Waals surface area contributed by atoms with Crippen LogP contribution >= 0.6 is 19.2 Å². The van der Waals surface area contributed by atoms with Gasteiger partial charge in [0.1, 0.15) is 16.8 Å². The number of hydrogen-bond donors (Lipinski definition) is 2. The summed E-state index contributed by atoms with van der Waals surface area (Å²) in [6, 6.07) is 5.11. The molecule has 3 atom stereocenters. The summed E-state index contributed by atoms with van der Waals surface area (Å²) in [6.45, 7) is 16.6. The fourth-order valence-electron chi connectivity index (χ4n) is 7.09. The maximum absolute atomic E-state index is 14.4. The maximum atomic E-state index is 14.4. The zero-order valence-corrected chi connectivity index (χ0v) is 33.0. The van der Waals surface area contributed by atoms with Crippen molar-refractivity contribution >= 4 is 53.2 Å². The predicted molar refractivity (Wildman–Crippen MR) is 198 cm³/mol. The van der Waals surface area contributed by atoms with Crippen LogP contribution in [-0.2, 0) is 28.3 Å². The second-order valence-electron chi connectivity index (χ2n) is 15.8. The summed E-state index contributed by atoms with van der Waals surface area (Å²) in [5.74, 6) is -0.0771. The van der Waals surface area contributed by atoms with Crippen LogP contribution in [-0.4, -0.2) is 115 Å². The molecule has 0 spiro atoms. The van der Waals surface area contributed by atoms with Gasteiger partial charge in [0.05, 0.1) is 30.0 Å². The molecule has 3 aliphatic rings. The van der Waals surface area contributed by atoms with Crippen LogP contribution in [0.3, 0.4) is 0 Å². The van der Waals surface area contributed by atoms with Gasteiger partial charge in [-0.2, -0.15) is 5.06 Å². The Morgan fingerprint density at radius 1 is 1.12 bits per heavy atom. The van der Waals surface area contributed by atoms with Crippen molar-refractivity contribution in [3.8, 4) is 5.75 Å². The first-order chi connectivity index (χ1) is 24.4. The van der Waals surface area contributed by atoms with E-state index in [2.05, 4.69) is 49.0 Å². The monoisotopic (exact) mass is 763 g/mol. The molecule has 0 bridgehead atoms. The highest BCUT2D eigenvalue weighted by molar-refractivity contribution is 7.46. The standard InChI is InChI=1S/C36H54N5O9PS/c1-23(2)19-29-35(44)40-28(21-36(5,6)7)34(43)39(25-13-15-38(16-14-25)24(3)4)22-32(40)41(50-29)33(42)12-11-31-37-27-20-26(9-10-30(27)52-31)48-17-8-18-49-51(45,46)47/h9-12,20,23-25,28-29,32H,8,13-19,21-22H2,1-7H3,(H2,45,46,47)/b12-11+/t28-,29+,32-/m0/s1. The third kappa shape index (κ3) is 10.2. The number of carbonyl (C=O) groups is 3. The molecule has 1 aromatic carbocycles. The molecule has 3 amide bonds. The molecular formula is C36H54N5O9PS. The first-order valence-corrected chi connectivity index (χ1v) is 20.5. The van der Waals surface area contributed by atoms with Crippen molar-refractivity contribution in [2.24, 2.45) is 11.3 Å². The van der Waals surface area contributed by atoms with Gasteiger partial charge < -0.3 is 29.2 Å². The van der Waals surface area contributed by atoms with E-state index in [1.807, 2.05) is 24.8 Å². The average Bonchev–Trinajstić information content (AvgIpc) is 3.47. The number of carbonyl (C=O) groups excluding carboxylic acids is 3. The average molecular weight is 764 g/mol. The van der Waals surface area contributed by atoms with E-state index in [1.165, 1.54) is 22.5 Å². The number of fused-ring (bicyclic) bond motifs is 2. The number of hydroxylamine groups is 2. The third-order valence-corrected chi connectivity index (χ3v) is 11.1. The second-order valence-corrected chi connectivity index (χ2v) is 18.1. The Balaban J connectivity index is 1.37. The highest BCUT2D eigenvalue weighted by Crippen LogP contribution is 2.37. The molecule has 3 saturated heterocycles. The molecule has 0 aliphatic carbocycles. The van der Waals surface area contributed by atoms with Gasteiger partial charge in [0.15, 0.2) is 12.3 Å². The van der Waals surface area contributed by atoms with E-state index in [0.29, 0.717) is 35.2 Å². The molecule has 16 heteroatoms. The minimum atomic E-state index is -4.52. The lowest BCUT2D eigenvalue weighted by Crippen LogP contribution is -2.74. The molecule has 3 fully saturated rings. The Morgan fingerprint density at radius 2 is 1.83 bits per heavy atom. The molecule has 4 heterocycles. The van der Waals surface area contributed by atoms with Crippen LogP contribution in [0.2, 0.25) is 0 Å². The number of phosphoric acid groups is 1. The highest BCUT2D eigenvalue weighted by atomic mass is 32.1. The molecule has 288 valence electrons. The zero-order valence-electron chi connectivity index (χ0n) is 31.3. The minimum absolute atomic E-state index is 0.00720. The van der Waals surface area contributed by atoms with Crippen LogP contribution < -0.4 is 4.74 Å². The molecule has 1 aromatic heterocycles. The summed E-state index contributed by atoms with van der Waals surface area (Å²) >= 11 is 1.40. The smallest absolute Gasteiger partial charge is 0.469 e. The van der Waals surface area contributed by atoms with E-state index in [4.69, 9.17) is 19.4 Å². The van der Waals surface area contributed by atoms with Gasteiger partial charge in [-0.05, 0) is 69.1 Å². The molecule has 0 radical (unpaired) electrons. The number of likely N-dealkylation sites (tertiary alicyclic amines) is 1. The van der Waals surface area contributed by atoms with Crippen LogP contribution in [0, 0.1) is 11.3 Å². The van der Waals surface area contributed by atoms with Crippen LogP contribution in [0.4, 0.5) is 0 Å². The molecule has 3 aliphatic heterocycles. The van der Waals surface area contributed by atoms with E-state index in [1.54, 1.807) is 23.1 Å².